The number of hydrogen-bond acceptors (Lipinski definition) is 10. The van der Waals surface area contributed by atoms with E-state index in [0.29, 0.717) is 22.2 Å². The van der Waals surface area contributed by atoms with E-state index in [2.05, 4.69) is 195 Å². The molecule has 382 valence electrons. The Labute approximate surface area is 402 Å². The summed E-state index contributed by atoms with van der Waals surface area (Å²) in [4.78, 5) is 25.2. The molecule has 7 saturated heterocycles. The molecule has 6 unspecified atom stereocenters. The lowest BCUT2D eigenvalue weighted by molar-refractivity contribution is 0.0735. The van der Waals surface area contributed by atoms with Gasteiger partial charge in [0.2, 0.25) is 0 Å². The first-order chi connectivity index (χ1) is 29.0. The van der Waals surface area contributed by atoms with Crippen LogP contribution in [0, 0.1) is 23.7 Å². The molecule has 0 bridgehead atoms. The molecule has 0 aliphatic carbocycles. The molecule has 64 heavy (non-hydrogen) atoms. The number of piperazine rings is 1. The van der Waals surface area contributed by atoms with Crippen LogP contribution in [0.2, 0.25) is 0 Å². The summed E-state index contributed by atoms with van der Waals surface area (Å²) in [5, 5.41) is 0. The summed E-state index contributed by atoms with van der Waals surface area (Å²) in [5.41, 5.74) is 1.43. The largest absolute Gasteiger partial charge is 0.309 e. The van der Waals surface area contributed by atoms with Crippen LogP contribution in [0.5, 0.6) is 0 Å². The summed E-state index contributed by atoms with van der Waals surface area (Å²) in [6.07, 6.45) is 5.58. The van der Waals surface area contributed by atoms with Crippen LogP contribution in [0.4, 0.5) is 0 Å². The monoisotopic (exact) mass is 905 g/mol. The topological polar surface area (TPSA) is 32.4 Å². The van der Waals surface area contributed by atoms with Gasteiger partial charge in [-0.1, -0.05) is 14.4 Å². The van der Waals surface area contributed by atoms with Gasteiger partial charge in [-0.05, 0) is 215 Å². The van der Waals surface area contributed by atoms with E-state index in [0.717, 1.165) is 41.8 Å². The Hall–Kier alpha value is -0.400. The van der Waals surface area contributed by atoms with Crippen molar-refractivity contribution in [2.24, 2.45) is 23.7 Å². The van der Waals surface area contributed by atoms with E-state index < -0.39 is 0 Å². The Morgan fingerprint density at radius 2 is 0.906 bits per heavy atom. The van der Waals surface area contributed by atoms with Crippen LogP contribution in [-0.2, 0) is 0 Å². The van der Waals surface area contributed by atoms with E-state index in [1.54, 1.807) is 0 Å². The molecule has 0 radical (unpaired) electrons. The minimum absolute atomic E-state index is 0. The van der Waals surface area contributed by atoms with Crippen LogP contribution < -0.4 is 0 Å². The van der Waals surface area contributed by atoms with Gasteiger partial charge in [-0.25, -0.2) is 0 Å². The lowest BCUT2D eigenvalue weighted by atomic mass is 9.93. The fourth-order valence-corrected chi connectivity index (χ4v) is 11.0. The predicted octanol–water partition coefficient (Wildman–Crippen LogP) is 7.85. The van der Waals surface area contributed by atoms with E-state index in [9.17, 15) is 0 Å². The van der Waals surface area contributed by atoms with Gasteiger partial charge < -0.3 is 24.5 Å². The maximum absolute atomic E-state index is 2.66. The summed E-state index contributed by atoms with van der Waals surface area (Å²) in [6.45, 7) is 56.3. The van der Waals surface area contributed by atoms with Crippen molar-refractivity contribution in [3.63, 3.8) is 0 Å². The summed E-state index contributed by atoms with van der Waals surface area (Å²) in [6, 6.07) is 2.41. The smallest absolute Gasteiger partial charge is 0.0261 e. The molecule has 0 aromatic rings. The first-order valence-electron chi connectivity index (χ1n) is 26.1. The van der Waals surface area contributed by atoms with Crippen LogP contribution in [-0.4, -0.2) is 243 Å². The number of likely N-dealkylation sites (N-methyl/N-ethyl adjacent to an activating group) is 4. The first-order valence-corrected chi connectivity index (χ1v) is 26.1. The number of fused-ring (bicyclic) bond motifs is 2. The predicted molar refractivity (Wildman–Crippen MR) is 283 cm³/mol. The van der Waals surface area contributed by atoms with Crippen molar-refractivity contribution in [1.82, 2.24) is 49.0 Å². The molecular formula is C54H116N10. The number of hydrogen-bond donors (Lipinski definition) is 0. The van der Waals surface area contributed by atoms with Crippen LogP contribution >= 0.6 is 0 Å². The normalized spacial score (nSPS) is 30.2. The van der Waals surface area contributed by atoms with E-state index in [4.69, 9.17) is 0 Å². The second-order valence-electron chi connectivity index (χ2n) is 26.0. The highest BCUT2D eigenvalue weighted by Crippen LogP contribution is 2.35. The Balaban J connectivity index is 0.000000275. The van der Waals surface area contributed by atoms with Crippen molar-refractivity contribution in [3.05, 3.63) is 0 Å². The number of rotatable bonds is 3. The van der Waals surface area contributed by atoms with Crippen molar-refractivity contribution in [3.8, 4) is 0 Å². The molecule has 7 fully saturated rings. The molecule has 7 rings (SSSR count). The molecule has 7 aliphatic rings. The summed E-state index contributed by atoms with van der Waals surface area (Å²) in [7, 11) is 13.3. The number of likely N-dealkylation sites (tertiary alicyclic amines) is 5. The van der Waals surface area contributed by atoms with E-state index in [1.165, 1.54) is 137 Å². The average Bonchev–Trinajstić information content (AvgIpc) is 3.93. The zero-order chi connectivity index (χ0) is 47.7. The van der Waals surface area contributed by atoms with Crippen LogP contribution in [0.1, 0.15) is 137 Å². The molecular weight excluding hydrogens is 789 g/mol. The first kappa shape index (κ1) is 59.7. The molecule has 0 amide bonds. The minimum atomic E-state index is 0. The Morgan fingerprint density at radius 1 is 0.469 bits per heavy atom. The second-order valence-corrected chi connectivity index (χ2v) is 26.0. The molecule has 0 aromatic heterocycles. The van der Waals surface area contributed by atoms with Gasteiger partial charge in [0.05, 0.1) is 0 Å². The Morgan fingerprint density at radius 3 is 1.34 bits per heavy atom. The summed E-state index contributed by atoms with van der Waals surface area (Å²) < 4.78 is 0. The lowest BCUT2D eigenvalue weighted by Gasteiger charge is -2.41. The Kier molecular flexibility index (Phi) is 24.3. The van der Waals surface area contributed by atoms with Crippen molar-refractivity contribution in [2.45, 2.75) is 177 Å². The lowest BCUT2D eigenvalue weighted by Crippen LogP contribution is -2.52. The summed E-state index contributed by atoms with van der Waals surface area (Å²) >= 11 is 0. The Bertz CT molecular complexity index is 1250. The zero-order valence-corrected chi connectivity index (χ0v) is 46.4. The van der Waals surface area contributed by atoms with Crippen molar-refractivity contribution < 1.29 is 0 Å². The van der Waals surface area contributed by atoms with E-state index >= 15 is 0 Å². The third kappa shape index (κ3) is 19.5. The summed E-state index contributed by atoms with van der Waals surface area (Å²) in [5.74, 6) is 3.58. The fourth-order valence-electron chi connectivity index (χ4n) is 11.0. The van der Waals surface area contributed by atoms with E-state index in [1.807, 2.05) is 0 Å². The van der Waals surface area contributed by atoms with Crippen LogP contribution in [0.3, 0.4) is 0 Å². The van der Waals surface area contributed by atoms with Crippen LogP contribution in [0.25, 0.3) is 0 Å². The highest BCUT2D eigenvalue weighted by molar-refractivity contribution is 4.99. The maximum atomic E-state index is 2.66. The molecule has 6 atom stereocenters. The zero-order valence-electron chi connectivity index (χ0n) is 46.4. The molecule has 0 aromatic carbocycles. The van der Waals surface area contributed by atoms with Crippen molar-refractivity contribution in [2.75, 3.05) is 154 Å². The minimum Gasteiger partial charge on any atom is -0.309 e. The SMILES string of the molecule is C.CC(C)N1CCCN(C)CC1.CC1CN(C(C)(C)C)CC1CN(C)C.CN1CCC2CN(C(C)(C)C)CC21.CN1CCCC2CN(C(C)(C)C)CC21.CN1CCN(C(C)(C)C)CC1. The van der Waals surface area contributed by atoms with E-state index in [-0.39, 0.29) is 7.43 Å². The van der Waals surface area contributed by atoms with Crippen molar-refractivity contribution >= 4 is 0 Å². The fraction of sp³-hybridized carbons (Fsp3) is 1.00. The van der Waals surface area contributed by atoms with Crippen molar-refractivity contribution in [1.29, 1.82) is 0 Å². The maximum Gasteiger partial charge on any atom is 0.0261 e. The molecule has 10 nitrogen and oxygen atoms in total. The standard InChI is InChI=1S/C12H24N2.C12H26N2.C11H22N2.2C9H20N2.CH4/c1-12(2,3)14-8-10-6-5-7-13(4)11(10)9-14;1-10-7-14(12(2,3)4)9-11(10)8-13(5)6;1-11(2,3)13-7-9-5-6-12(4)10(9)8-13;1-9(2,3)11-7-5-10(4)6-8-11;1-9(2)11-6-4-5-10(3)7-8-11;/h10-11H,5-9H2,1-4H3;10-11H,7-9H2,1-6H3;9-10H,5-8H2,1-4H3;5-8H2,1-4H3;9H,4-8H2,1-3H3;1H4. The molecule has 0 saturated carbocycles. The third-order valence-electron chi connectivity index (χ3n) is 16.0. The van der Waals surface area contributed by atoms with Gasteiger partial charge in [-0.2, -0.15) is 0 Å². The molecule has 7 heterocycles. The van der Waals surface area contributed by atoms with Gasteiger partial charge in [0.15, 0.2) is 0 Å². The number of piperidine rings is 1. The van der Waals surface area contributed by atoms with Gasteiger partial charge in [0.25, 0.3) is 0 Å². The molecule has 0 N–H and O–H groups in total. The highest BCUT2D eigenvalue weighted by Gasteiger charge is 2.43. The quantitative estimate of drug-likeness (QED) is 0.280. The van der Waals surface area contributed by atoms with Gasteiger partial charge in [0, 0.05) is 125 Å². The van der Waals surface area contributed by atoms with Gasteiger partial charge >= 0.3 is 0 Å². The second kappa shape index (κ2) is 26.0. The molecule has 7 aliphatic heterocycles. The average molecular weight is 906 g/mol. The highest BCUT2D eigenvalue weighted by atomic mass is 15.3. The van der Waals surface area contributed by atoms with Gasteiger partial charge in [-0.15, -0.1) is 0 Å². The van der Waals surface area contributed by atoms with Crippen LogP contribution in [0.15, 0.2) is 0 Å². The molecule has 10 heteroatoms. The molecule has 0 spiro atoms. The van der Waals surface area contributed by atoms with Gasteiger partial charge in [0.1, 0.15) is 0 Å². The van der Waals surface area contributed by atoms with Gasteiger partial charge in [-0.3, -0.25) is 24.5 Å². The third-order valence-corrected chi connectivity index (χ3v) is 16.0. The number of nitrogens with zero attached hydrogens (tertiary/aromatic N) is 10.